The van der Waals surface area contributed by atoms with Gasteiger partial charge in [0.15, 0.2) is 6.10 Å². The van der Waals surface area contributed by atoms with Crippen LogP contribution in [-0.4, -0.2) is 72.1 Å². The Hall–Kier alpha value is -3.25. The van der Waals surface area contributed by atoms with Gasteiger partial charge in [-0.15, -0.1) is 0 Å². The summed E-state index contributed by atoms with van der Waals surface area (Å²) in [7, 11) is 0. The maximum Gasteiger partial charge on any atom is 0.326 e. The number of hydrogen-bond donors (Lipinski definition) is 6. The maximum absolute atomic E-state index is 12.8. The van der Waals surface area contributed by atoms with Crippen LogP contribution in [0.15, 0.2) is 65.5 Å². The molecule has 5 rings (SSSR count). The largest absolute Gasteiger partial charge is 0.452 e. The SMILES string of the molecule is O=c1[nH]c2cccc(O[C@]3(O)[C@@H](O)O[C@H](CO)[C@@H](O)[C@@H]3O)c2n1CCc1ccc2ccccc2c1. The number of aromatic nitrogens is 2. The topological polar surface area (TPSA) is 157 Å². The lowest BCUT2D eigenvalue weighted by Gasteiger charge is -2.45. The third kappa shape index (κ3) is 4.10. The van der Waals surface area contributed by atoms with Crippen LogP contribution in [0.3, 0.4) is 0 Å². The Labute approximate surface area is 199 Å². The summed E-state index contributed by atoms with van der Waals surface area (Å²) in [6.07, 6.45) is -6.59. The van der Waals surface area contributed by atoms with Crippen LogP contribution in [0.2, 0.25) is 0 Å². The summed E-state index contributed by atoms with van der Waals surface area (Å²) in [6, 6.07) is 18.7. The number of rotatable bonds is 6. The van der Waals surface area contributed by atoms with Gasteiger partial charge in [-0.2, -0.15) is 0 Å². The normalized spacial score (nSPS) is 26.9. The van der Waals surface area contributed by atoms with Crippen LogP contribution in [0.5, 0.6) is 5.75 Å². The Morgan fingerprint density at radius 2 is 1.80 bits per heavy atom. The van der Waals surface area contributed by atoms with E-state index in [-0.39, 0.29) is 12.3 Å². The molecule has 184 valence electrons. The summed E-state index contributed by atoms with van der Waals surface area (Å²) in [6.45, 7) is -0.403. The Morgan fingerprint density at radius 3 is 2.57 bits per heavy atom. The van der Waals surface area contributed by atoms with E-state index >= 15 is 0 Å². The molecular formula is C25H26N2O8. The molecule has 0 amide bonds. The number of H-pyrrole nitrogens is 1. The molecule has 0 radical (unpaired) electrons. The zero-order valence-electron chi connectivity index (χ0n) is 18.6. The summed E-state index contributed by atoms with van der Waals surface area (Å²) in [5.74, 6) is -2.77. The number of benzene rings is 3. The van der Waals surface area contributed by atoms with Crippen molar-refractivity contribution in [2.24, 2.45) is 0 Å². The predicted molar refractivity (Wildman–Crippen MR) is 126 cm³/mol. The average molecular weight is 482 g/mol. The van der Waals surface area contributed by atoms with Crippen LogP contribution in [0.1, 0.15) is 5.56 Å². The number of nitrogens with zero attached hydrogens (tertiary/aromatic N) is 1. The lowest BCUT2D eigenvalue weighted by molar-refractivity contribution is -0.385. The maximum atomic E-state index is 12.8. The van der Waals surface area contributed by atoms with Crippen molar-refractivity contribution in [1.29, 1.82) is 0 Å². The number of aliphatic hydroxyl groups excluding tert-OH is 4. The molecule has 6 N–H and O–H groups in total. The molecule has 1 aromatic heterocycles. The van der Waals surface area contributed by atoms with Crippen LogP contribution in [0.4, 0.5) is 0 Å². The van der Waals surface area contributed by atoms with Crippen molar-refractivity contribution in [3.63, 3.8) is 0 Å². The van der Waals surface area contributed by atoms with Gasteiger partial charge >= 0.3 is 5.69 Å². The number of para-hydroxylation sites is 1. The van der Waals surface area contributed by atoms with Gasteiger partial charge < -0.3 is 40.0 Å². The molecular weight excluding hydrogens is 456 g/mol. The second kappa shape index (κ2) is 9.08. The Kier molecular flexibility index (Phi) is 6.09. The Bertz CT molecular complexity index is 1420. The van der Waals surface area contributed by atoms with Crippen molar-refractivity contribution in [2.45, 2.75) is 43.4 Å². The molecule has 0 aliphatic carbocycles. The van der Waals surface area contributed by atoms with Gasteiger partial charge in [0.1, 0.15) is 23.5 Å². The van der Waals surface area contributed by atoms with Crippen molar-refractivity contribution >= 4 is 21.8 Å². The standard InChI is InChI=1S/C25H26N2O8/c28-13-19-21(29)22(30)25(33,23(31)34-19)35-18-7-3-6-17-20(18)27(24(32)26-17)11-10-14-8-9-15-4-1-2-5-16(15)12-14/h1-9,12,19,21-23,28-31,33H,10-11,13H2,(H,26,32)/t19-,21-,22+,23+,25+/m1/s1. The van der Waals surface area contributed by atoms with Crippen LogP contribution in [-0.2, 0) is 17.7 Å². The molecule has 4 aromatic rings. The van der Waals surface area contributed by atoms with Gasteiger partial charge in [0.2, 0.25) is 6.29 Å². The number of aliphatic hydroxyl groups is 5. The van der Waals surface area contributed by atoms with Crippen LogP contribution in [0, 0.1) is 0 Å². The van der Waals surface area contributed by atoms with Crippen LogP contribution >= 0.6 is 0 Å². The highest BCUT2D eigenvalue weighted by molar-refractivity contribution is 5.83. The minimum absolute atomic E-state index is 0.0155. The molecule has 0 bridgehead atoms. The second-order valence-corrected chi connectivity index (χ2v) is 8.66. The minimum atomic E-state index is -2.75. The fourth-order valence-electron chi connectivity index (χ4n) is 4.49. The quantitative estimate of drug-likeness (QED) is 0.213. The second-order valence-electron chi connectivity index (χ2n) is 8.66. The van der Waals surface area contributed by atoms with Gasteiger partial charge in [-0.05, 0) is 34.9 Å². The summed E-state index contributed by atoms with van der Waals surface area (Å²) in [4.78, 5) is 15.5. The first-order valence-corrected chi connectivity index (χ1v) is 11.2. The highest BCUT2D eigenvalue weighted by Gasteiger charge is 2.57. The van der Waals surface area contributed by atoms with Crippen molar-refractivity contribution < 1.29 is 35.0 Å². The molecule has 0 saturated carbocycles. The molecule has 1 aliphatic rings. The molecule has 3 aromatic carbocycles. The molecule has 10 heteroatoms. The zero-order chi connectivity index (χ0) is 24.7. The van der Waals surface area contributed by atoms with E-state index in [4.69, 9.17) is 9.47 Å². The van der Waals surface area contributed by atoms with Crippen LogP contribution in [0.25, 0.3) is 21.8 Å². The first kappa shape index (κ1) is 23.5. The molecule has 1 saturated heterocycles. The van der Waals surface area contributed by atoms with E-state index in [2.05, 4.69) is 11.1 Å². The van der Waals surface area contributed by atoms with Crippen molar-refractivity contribution in [2.75, 3.05) is 6.61 Å². The van der Waals surface area contributed by atoms with Gasteiger partial charge in [0.05, 0.1) is 12.1 Å². The monoisotopic (exact) mass is 482 g/mol. The molecule has 0 spiro atoms. The van der Waals surface area contributed by atoms with Crippen molar-refractivity contribution in [3.05, 3.63) is 76.7 Å². The van der Waals surface area contributed by atoms with Gasteiger partial charge in [0.25, 0.3) is 5.79 Å². The summed E-state index contributed by atoms with van der Waals surface area (Å²) in [5.41, 5.74) is 1.35. The third-order valence-electron chi connectivity index (χ3n) is 6.43. The molecule has 0 unspecified atom stereocenters. The zero-order valence-corrected chi connectivity index (χ0v) is 18.6. The Balaban J connectivity index is 1.47. The van der Waals surface area contributed by atoms with E-state index in [0.717, 1.165) is 16.3 Å². The highest BCUT2D eigenvalue weighted by atomic mass is 16.7. The van der Waals surface area contributed by atoms with Crippen LogP contribution < -0.4 is 10.4 Å². The summed E-state index contributed by atoms with van der Waals surface area (Å²) < 4.78 is 12.1. The molecule has 10 nitrogen and oxygen atoms in total. The van der Waals surface area contributed by atoms with Gasteiger partial charge in [-0.25, -0.2) is 4.79 Å². The van der Waals surface area contributed by atoms with Crippen molar-refractivity contribution in [1.82, 2.24) is 9.55 Å². The van der Waals surface area contributed by atoms with E-state index in [0.29, 0.717) is 17.5 Å². The molecule has 5 atom stereocenters. The molecule has 1 fully saturated rings. The first-order valence-electron chi connectivity index (χ1n) is 11.2. The van der Waals surface area contributed by atoms with E-state index < -0.39 is 42.7 Å². The minimum Gasteiger partial charge on any atom is -0.452 e. The number of nitrogens with one attached hydrogen (secondary N) is 1. The number of ether oxygens (including phenoxy) is 2. The van der Waals surface area contributed by atoms with E-state index in [1.54, 1.807) is 12.1 Å². The van der Waals surface area contributed by atoms with E-state index in [1.165, 1.54) is 10.6 Å². The lowest BCUT2D eigenvalue weighted by Crippen LogP contribution is -2.69. The number of aryl methyl sites for hydroxylation is 2. The third-order valence-corrected chi connectivity index (χ3v) is 6.43. The first-order chi connectivity index (χ1) is 16.8. The number of hydrogen-bond acceptors (Lipinski definition) is 8. The molecule has 35 heavy (non-hydrogen) atoms. The fourth-order valence-corrected chi connectivity index (χ4v) is 4.49. The summed E-state index contributed by atoms with van der Waals surface area (Å²) in [5, 5.41) is 53.4. The number of fused-ring (bicyclic) bond motifs is 2. The van der Waals surface area contributed by atoms with Gasteiger partial charge in [-0.1, -0.05) is 48.5 Å². The van der Waals surface area contributed by atoms with E-state index in [1.807, 2.05) is 36.4 Å². The fraction of sp³-hybridized carbons (Fsp3) is 0.320. The summed E-state index contributed by atoms with van der Waals surface area (Å²) >= 11 is 0. The van der Waals surface area contributed by atoms with Gasteiger partial charge in [-0.3, -0.25) is 4.57 Å². The lowest BCUT2D eigenvalue weighted by atomic mass is 9.96. The Morgan fingerprint density at radius 1 is 1.03 bits per heavy atom. The number of aromatic amines is 1. The highest BCUT2D eigenvalue weighted by Crippen LogP contribution is 2.34. The number of imidazole rings is 1. The smallest absolute Gasteiger partial charge is 0.326 e. The molecule has 1 aliphatic heterocycles. The van der Waals surface area contributed by atoms with E-state index in [9.17, 15) is 30.3 Å². The average Bonchev–Trinajstić information content (AvgIpc) is 3.19. The molecule has 2 heterocycles. The van der Waals surface area contributed by atoms with Crippen molar-refractivity contribution in [3.8, 4) is 5.75 Å². The van der Waals surface area contributed by atoms with Gasteiger partial charge in [0, 0.05) is 6.54 Å². The predicted octanol–water partition coefficient (Wildman–Crippen LogP) is 0.224.